The van der Waals surface area contributed by atoms with Crippen LogP contribution in [0.2, 0.25) is 0 Å². The summed E-state index contributed by atoms with van der Waals surface area (Å²) in [7, 11) is 0. The molecule has 1 aromatic carbocycles. The molecule has 0 saturated carbocycles. The summed E-state index contributed by atoms with van der Waals surface area (Å²) in [5.74, 6) is -0.780. The molecule has 4 nitrogen and oxygen atoms in total. The van der Waals surface area contributed by atoms with Crippen LogP contribution in [0.25, 0.3) is 10.9 Å². The first-order valence-electron chi connectivity index (χ1n) is 11.2. The van der Waals surface area contributed by atoms with Crippen LogP contribution in [0, 0.1) is 0 Å². The Bertz CT molecular complexity index is 743. The fraction of sp³-hybridized carbons (Fsp3) is 0.625. The van der Waals surface area contributed by atoms with Crippen molar-refractivity contribution in [2.45, 2.75) is 96.2 Å². The maximum Gasteiger partial charge on any atom is 0.305 e. The minimum Gasteiger partial charge on any atom is -0.506 e. The fourth-order valence-corrected chi connectivity index (χ4v) is 4.05. The van der Waals surface area contributed by atoms with E-state index in [0.717, 1.165) is 18.4 Å². The molecular formula is C24H36FNO3. The van der Waals surface area contributed by atoms with Gasteiger partial charge < -0.3 is 14.8 Å². The third-order valence-corrected chi connectivity index (χ3v) is 5.71. The van der Waals surface area contributed by atoms with Crippen molar-refractivity contribution < 1.29 is 19.4 Å². The number of hydrogen-bond donors (Lipinski definition) is 2. The molecule has 1 heterocycles. The highest BCUT2D eigenvalue weighted by Gasteiger charge is 2.20. The summed E-state index contributed by atoms with van der Waals surface area (Å²) in [5.41, 5.74) is 0.787. The van der Waals surface area contributed by atoms with Crippen LogP contribution in [0.1, 0.15) is 90.0 Å². The lowest BCUT2D eigenvalue weighted by Gasteiger charge is -2.19. The van der Waals surface area contributed by atoms with E-state index in [1.165, 1.54) is 38.5 Å². The van der Waals surface area contributed by atoms with E-state index < -0.39 is 12.1 Å². The van der Waals surface area contributed by atoms with Gasteiger partial charge in [0.15, 0.2) is 0 Å². The highest BCUT2D eigenvalue weighted by molar-refractivity contribution is 5.86. The number of carboxylic acids is 1. The number of carbonyl (C=O) groups is 1. The summed E-state index contributed by atoms with van der Waals surface area (Å²) in [6.45, 7) is 2.21. The summed E-state index contributed by atoms with van der Waals surface area (Å²) in [6, 6.07) is 6.99. The SMILES string of the molecule is CCCCCCCCCCC(F)CCC(CC(=O)O)n1cc(O)c2ccccc21. The van der Waals surface area contributed by atoms with Gasteiger partial charge in [-0.05, 0) is 31.4 Å². The van der Waals surface area contributed by atoms with Crippen molar-refractivity contribution in [3.8, 4) is 5.75 Å². The number of rotatable bonds is 15. The van der Waals surface area contributed by atoms with E-state index in [1.807, 2.05) is 18.2 Å². The summed E-state index contributed by atoms with van der Waals surface area (Å²) < 4.78 is 16.2. The van der Waals surface area contributed by atoms with Crippen molar-refractivity contribution in [2.24, 2.45) is 0 Å². The molecule has 2 aromatic rings. The lowest BCUT2D eigenvalue weighted by Crippen LogP contribution is -2.15. The van der Waals surface area contributed by atoms with Crippen molar-refractivity contribution in [3.63, 3.8) is 0 Å². The van der Waals surface area contributed by atoms with Crippen LogP contribution in [0.4, 0.5) is 4.39 Å². The first-order chi connectivity index (χ1) is 14.0. The third-order valence-electron chi connectivity index (χ3n) is 5.71. The molecule has 0 radical (unpaired) electrons. The molecule has 0 fully saturated rings. The molecule has 1 aromatic heterocycles. The van der Waals surface area contributed by atoms with Crippen molar-refractivity contribution in [2.75, 3.05) is 0 Å². The van der Waals surface area contributed by atoms with Crippen molar-refractivity contribution in [1.29, 1.82) is 0 Å². The third kappa shape index (κ3) is 7.71. The predicted octanol–water partition coefficient (Wildman–Crippen LogP) is 7.01. The van der Waals surface area contributed by atoms with Crippen molar-refractivity contribution in [3.05, 3.63) is 30.5 Å². The van der Waals surface area contributed by atoms with E-state index in [-0.39, 0.29) is 18.2 Å². The van der Waals surface area contributed by atoms with Gasteiger partial charge in [0.25, 0.3) is 0 Å². The second-order valence-electron chi connectivity index (χ2n) is 8.13. The van der Waals surface area contributed by atoms with Gasteiger partial charge in [-0.15, -0.1) is 0 Å². The smallest absolute Gasteiger partial charge is 0.305 e. The number of benzene rings is 1. The lowest BCUT2D eigenvalue weighted by molar-refractivity contribution is -0.138. The first-order valence-corrected chi connectivity index (χ1v) is 11.2. The molecule has 29 heavy (non-hydrogen) atoms. The molecule has 0 aliphatic rings. The van der Waals surface area contributed by atoms with Crippen molar-refractivity contribution in [1.82, 2.24) is 4.57 Å². The molecule has 0 bridgehead atoms. The Hall–Kier alpha value is -2.04. The van der Waals surface area contributed by atoms with Crippen molar-refractivity contribution >= 4 is 16.9 Å². The highest BCUT2D eigenvalue weighted by atomic mass is 19.1. The Morgan fingerprint density at radius 3 is 2.34 bits per heavy atom. The normalized spacial score (nSPS) is 13.6. The zero-order valence-corrected chi connectivity index (χ0v) is 17.7. The molecule has 5 heteroatoms. The number of para-hydroxylation sites is 1. The number of hydrogen-bond acceptors (Lipinski definition) is 2. The molecule has 2 rings (SSSR count). The summed E-state index contributed by atoms with van der Waals surface area (Å²) >= 11 is 0. The minimum atomic E-state index is -0.911. The molecule has 2 unspecified atom stereocenters. The quantitative estimate of drug-likeness (QED) is 0.313. The average Bonchev–Trinajstić information content (AvgIpc) is 3.04. The molecule has 0 aliphatic heterocycles. The van der Waals surface area contributed by atoms with E-state index >= 15 is 0 Å². The van der Waals surface area contributed by atoms with Gasteiger partial charge in [0, 0.05) is 17.6 Å². The molecule has 0 saturated heterocycles. The van der Waals surface area contributed by atoms with Gasteiger partial charge >= 0.3 is 5.97 Å². The number of fused-ring (bicyclic) bond motifs is 1. The molecule has 0 aliphatic carbocycles. The molecule has 2 atom stereocenters. The number of halogens is 1. The lowest BCUT2D eigenvalue weighted by atomic mass is 10.0. The largest absolute Gasteiger partial charge is 0.506 e. The molecule has 0 spiro atoms. The van der Waals surface area contributed by atoms with Gasteiger partial charge in [0.2, 0.25) is 0 Å². The van der Waals surface area contributed by atoms with Gasteiger partial charge in [-0.25, -0.2) is 4.39 Å². The number of nitrogens with zero attached hydrogens (tertiary/aromatic N) is 1. The number of aliphatic carboxylic acids is 1. The topological polar surface area (TPSA) is 62.5 Å². The monoisotopic (exact) mass is 405 g/mol. The van der Waals surface area contributed by atoms with Crippen LogP contribution in [0.15, 0.2) is 30.5 Å². The summed E-state index contributed by atoms with van der Waals surface area (Å²) in [6.07, 6.45) is 11.5. The first kappa shape index (κ1) is 23.2. The number of unbranched alkanes of at least 4 members (excludes halogenated alkanes) is 7. The molecule has 162 valence electrons. The second-order valence-corrected chi connectivity index (χ2v) is 8.13. The van der Waals surface area contributed by atoms with E-state index in [9.17, 15) is 19.4 Å². The number of aromatic nitrogens is 1. The van der Waals surface area contributed by atoms with E-state index in [0.29, 0.717) is 24.6 Å². The highest BCUT2D eigenvalue weighted by Crippen LogP contribution is 2.33. The molecule has 2 N–H and O–H groups in total. The Morgan fingerprint density at radius 1 is 1.00 bits per heavy atom. The Kier molecular flexibility index (Phi) is 10.0. The number of carboxylic acid groups (broad SMARTS) is 1. The maximum absolute atomic E-state index is 14.4. The summed E-state index contributed by atoms with van der Waals surface area (Å²) in [4.78, 5) is 11.3. The Labute approximate surface area is 173 Å². The molecular weight excluding hydrogens is 369 g/mol. The van der Waals surface area contributed by atoms with Crippen LogP contribution in [0.5, 0.6) is 5.75 Å². The van der Waals surface area contributed by atoms with Crippen LogP contribution in [0.3, 0.4) is 0 Å². The van der Waals surface area contributed by atoms with Crippen LogP contribution in [-0.2, 0) is 4.79 Å². The van der Waals surface area contributed by atoms with Crippen LogP contribution in [-0.4, -0.2) is 26.9 Å². The number of alkyl halides is 1. The van der Waals surface area contributed by atoms with Gasteiger partial charge in [0.1, 0.15) is 11.9 Å². The van der Waals surface area contributed by atoms with E-state index in [4.69, 9.17) is 0 Å². The van der Waals surface area contributed by atoms with Crippen LogP contribution >= 0.6 is 0 Å². The zero-order chi connectivity index (χ0) is 21.1. The van der Waals surface area contributed by atoms with Crippen LogP contribution < -0.4 is 0 Å². The van der Waals surface area contributed by atoms with Gasteiger partial charge in [-0.1, -0.05) is 70.4 Å². The fourth-order valence-electron chi connectivity index (χ4n) is 4.05. The average molecular weight is 406 g/mol. The molecule has 0 amide bonds. The standard InChI is InChI=1S/C24H36FNO3/c1-2-3-4-5-6-7-8-9-12-19(25)15-16-20(17-24(28)29)26-18-23(27)21-13-10-11-14-22(21)26/h10-11,13-14,18-20,27H,2-9,12,15-17H2,1H3,(H,28,29). The van der Waals surface area contributed by atoms with E-state index in [1.54, 1.807) is 16.8 Å². The Morgan fingerprint density at radius 2 is 1.66 bits per heavy atom. The van der Waals surface area contributed by atoms with Gasteiger partial charge in [-0.3, -0.25) is 4.79 Å². The van der Waals surface area contributed by atoms with Gasteiger partial charge in [0.05, 0.1) is 11.9 Å². The van der Waals surface area contributed by atoms with Gasteiger partial charge in [-0.2, -0.15) is 0 Å². The van der Waals surface area contributed by atoms with E-state index in [2.05, 4.69) is 6.92 Å². The minimum absolute atomic E-state index is 0.0808. The summed E-state index contributed by atoms with van der Waals surface area (Å²) in [5, 5.41) is 20.1. The predicted molar refractivity (Wildman–Crippen MR) is 116 cm³/mol. The zero-order valence-electron chi connectivity index (χ0n) is 17.7. The second kappa shape index (κ2) is 12.5. The maximum atomic E-state index is 14.4. The number of aromatic hydroxyl groups is 1. The Balaban J connectivity index is 1.81.